The molecule has 0 aliphatic heterocycles. The van der Waals surface area contributed by atoms with Crippen molar-refractivity contribution < 1.29 is 0 Å². The van der Waals surface area contributed by atoms with Crippen molar-refractivity contribution in [2.24, 2.45) is 0 Å². The summed E-state index contributed by atoms with van der Waals surface area (Å²) in [6.07, 6.45) is 5.36. The molecule has 0 spiro atoms. The second-order valence-electron chi connectivity index (χ2n) is 4.55. The van der Waals surface area contributed by atoms with Crippen molar-refractivity contribution in [2.45, 2.75) is 27.2 Å². The average Bonchev–Trinajstić information content (AvgIpc) is 2.39. The van der Waals surface area contributed by atoms with Gasteiger partial charge in [-0.3, -0.25) is 0 Å². The predicted octanol–water partition coefficient (Wildman–Crippen LogP) is 5.26. The minimum absolute atomic E-state index is 1.07. The van der Waals surface area contributed by atoms with Crippen molar-refractivity contribution in [3.05, 3.63) is 65.2 Å². The number of aryl methyl sites for hydroxylation is 2. The van der Waals surface area contributed by atoms with Crippen LogP contribution in [0.25, 0.3) is 17.2 Å². The highest BCUT2D eigenvalue weighted by Crippen LogP contribution is 2.31. The lowest BCUT2D eigenvalue weighted by molar-refractivity contribution is 1.14. The van der Waals surface area contributed by atoms with Crippen molar-refractivity contribution in [2.75, 3.05) is 0 Å². The van der Waals surface area contributed by atoms with Crippen molar-refractivity contribution in [3.63, 3.8) is 0 Å². The maximum Gasteiger partial charge on any atom is -0.00795 e. The quantitative estimate of drug-likeness (QED) is 0.682. The second kappa shape index (κ2) is 5.68. The van der Waals surface area contributed by atoms with Crippen molar-refractivity contribution in [3.8, 4) is 11.1 Å². The largest absolute Gasteiger partial charge is 0.0870 e. The molecule has 0 heteroatoms. The Morgan fingerprint density at radius 1 is 1.00 bits per heavy atom. The molecule has 18 heavy (non-hydrogen) atoms. The fourth-order valence-electron chi connectivity index (χ4n) is 2.45. The van der Waals surface area contributed by atoms with Crippen molar-refractivity contribution in [1.82, 2.24) is 0 Å². The Balaban J connectivity index is 2.69. The Bertz CT molecular complexity index is 562. The van der Waals surface area contributed by atoms with Crippen LogP contribution >= 0.6 is 0 Å². The molecule has 92 valence electrons. The fourth-order valence-corrected chi connectivity index (χ4v) is 2.45. The SMILES string of the molecule is C/C=C\c1cccc(C)c1-c1ccccc1CC. The van der Waals surface area contributed by atoms with Gasteiger partial charge in [-0.15, -0.1) is 0 Å². The predicted molar refractivity (Wildman–Crippen MR) is 80.7 cm³/mol. The number of allylic oxidation sites excluding steroid dienone is 1. The topological polar surface area (TPSA) is 0 Å². The van der Waals surface area contributed by atoms with E-state index in [-0.39, 0.29) is 0 Å². The Morgan fingerprint density at radius 2 is 1.78 bits per heavy atom. The van der Waals surface area contributed by atoms with Gasteiger partial charge in [0.25, 0.3) is 0 Å². The minimum Gasteiger partial charge on any atom is -0.0870 e. The molecule has 0 nitrogen and oxygen atoms in total. The highest BCUT2D eigenvalue weighted by atomic mass is 14.1. The van der Waals surface area contributed by atoms with Gasteiger partial charge in [-0.25, -0.2) is 0 Å². The number of benzene rings is 2. The van der Waals surface area contributed by atoms with E-state index in [2.05, 4.69) is 75.4 Å². The van der Waals surface area contributed by atoms with Gasteiger partial charge < -0.3 is 0 Å². The summed E-state index contributed by atoms with van der Waals surface area (Å²) in [5.41, 5.74) is 6.79. The van der Waals surface area contributed by atoms with Crippen molar-refractivity contribution >= 4 is 6.08 Å². The monoisotopic (exact) mass is 236 g/mol. The van der Waals surface area contributed by atoms with Gasteiger partial charge in [0.1, 0.15) is 0 Å². The molecule has 0 N–H and O–H groups in total. The lowest BCUT2D eigenvalue weighted by Crippen LogP contribution is -1.92. The molecule has 0 radical (unpaired) electrons. The smallest absolute Gasteiger partial charge is 0.00795 e. The summed E-state index contributed by atoms with van der Waals surface area (Å²) in [5, 5.41) is 0. The highest BCUT2D eigenvalue weighted by molar-refractivity contribution is 5.79. The standard InChI is InChI=1S/C18H20/c1-4-9-16-12-8-10-14(3)18(16)17-13-7-6-11-15(17)5-2/h4,6-13H,5H2,1-3H3/b9-4-. The lowest BCUT2D eigenvalue weighted by Gasteiger charge is -2.14. The Morgan fingerprint density at radius 3 is 2.50 bits per heavy atom. The summed E-state index contributed by atoms with van der Waals surface area (Å²) in [6.45, 7) is 6.47. The fraction of sp³-hybridized carbons (Fsp3) is 0.222. The normalized spacial score (nSPS) is 11.1. The second-order valence-corrected chi connectivity index (χ2v) is 4.55. The molecule has 0 saturated carbocycles. The number of hydrogen-bond acceptors (Lipinski definition) is 0. The zero-order valence-corrected chi connectivity index (χ0v) is 11.4. The summed E-state index contributed by atoms with van der Waals surface area (Å²) in [6, 6.07) is 15.2. The summed E-state index contributed by atoms with van der Waals surface area (Å²) in [4.78, 5) is 0. The first-order valence-electron chi connectivity index (χ1n) is 6.58. The van der Waals surface area contributed by atoms with E-state index in [1.54, 1.807) is 0 Å². The molecule has 2 rings (SSSR count). The molecule has 2 aromatic carbocycles. The maximum atomic E-state index is 2.23. The van der Waals surface area contributed by atoms with Crippen LogP contribution in [0, 0.1) is 6.92 Å². The molecule has 0 amide bonds. The molecule has 0 unspecified atom stereocenters. The van der Waals surface area contributed by atoms with Crippen LogP contribution in [-0.2, 0) is 6.42 Å². The van der Waals surface area contributed by atoms with Gasteiger partial charge in [-0.05, 0) is 48.1 Å². The van der Waals surface area contributed by atoms with E-state index in [0.29, 0.717) is 0 Å². The number of hydrogen-bond donors (Lipinski definition) is 0. The molecule has 0 fully saturated rings. The Labute approximate surface area is 110 Å². The average molecular weight is 236 g/mol. The van der Waals surface area contributed by atoms with E-state index in [9.17, 15) is 0 Å². The third-order valence-electron chi connectivity index (χ3n) is 3.32. The molecule has 0 aliphatic carbocycles. The molecule has 0 aliphatic rings. The van der Waals surface area contributed by atoms with Gasteiger partial charge in [-0.1, -0.05) is 61.5 Å². The summed E-state index contributed by atoms with van der Waals surface area (Å²) in [5.74, 6) is 0. The number of rotatable bonds is 3. The van der Waals surface area contributed by atoms with Crippen molar-refractivity contribution in [1.29, 1.82) is 0 Å². The third kappa shape index (κ3) is 2.38. The maximum absolute atomic E-state index is 2.23. The molecule has 0 heterocycles. The molecule has 0 saturated heterocycles. The molecular weight excluding hydrogens is 216 g/mol. The van der Waals surface area contributed by atoms with Crippen LogP contribution in [0.1, 0.15) is 30.5 Å². The van der Waals surface area contributed by atoms with E-state index in [0.717, 1.165) is 6.42 Å². The Kier molecular flexibility index (Phi) is 3.99. The summed E-state index contributed by atoms with van der Waals surface area (Å²) < 4.78 is 0. The summed E-state index contributed by atoms with van der Waals surface area (Å²) in [7, 11) is 0. The van der Waals surface area contributed by atoms with Crippen LogP contribution in [0.5, 0.6) is 0 Å². The van der Waals surface area contributed by atoms with Crippen LogP contribution in [0.15, 0.2) is 48.5 Å². The molecule has 2 aromatic rings. The van der Waals surface area contributed by atoms with Gasteiger partial charge in [0.05, 0.1) is 0 Å². The highest BCUT2D eigenvalue weighted by Gasteiger charge is 2.09. The first-order chi connectivity index (χ1) is 8.77. The van der Waals surface area contributed by atoms with Crippen LogP contribution < -0.4 is 0 Å². The molecular formula is C18H20. The Hall–Kier alpha value is -1.82. The van der Waals surface area contributed by atoms with Gasteiger partial charge >= 0.3 is 0 Å². The van der Waals surface area contributed by atoms with E-state index in [4.69, 9.17) is 0 Å². The van der Waals surface area contributed by atoms with Gasteiger partial charge in [0.2, 0.25) is 0 Å². The van der Waals surface area contributed by atoms with Gasteiger partial charge in [0.15, 0.2) is 0 Å². The molecule has 0 aromatic heterocycles. The third-order valence-corrected chi connectivity index (χ3v) is 3.32. The first kappa shape index (κ1) is 12.6. The van der Waals surface area contributed by atoms with Gasteiger partial charge in [0, 0.05) is 0 Å². The van der Waals surface area contributed by atoms with Crippen LogP contribution in [-0.4, -0.2) is 0 Å². The van der Waals surface area contributed by atoms with Crippen LogP contribution in [0.2, 0.25) is 0 Å². The summed E-state index contributed by atoms with van der Waals surface area (Å²) >= 11 is 0. The van der Waals surface area contributed by atoms with E-state index >= 15 is 0 Å². The molecule has 0 atom stereocenters. The van der Waals surface area contributed by atoms with Crippen LogP contribution in [0.3, 0.4) is 0 Å². The van der Waals surface area contributed by atoms with E-state index < -0.39 is 0 Å². The van der Waals surface area contributed by atoms with Crippen LogP contribution in [0.4, 0.5) is 0 Å². The minimum atomic E-state index is 1.07. The zero-order chi connectivity index (χ0) is 13.0. The van der Waals surface area contributed by atoms with E-state index in [1.807, 2.05) is 0 Å². The first-order valence-corrected chi connectivity index (χ1v) is 6.58. The van der Waals surface area contributed by atoms with E-state index in [1.165, 1.54) is 27.8 Å². The lowest BCUT2D eigenvalue weighted by atomic mass is 9.91. The molecule has 0 bridgehead atoms. The van der Waals surface area contributed by atoms with Gasteiger partial charge in [-0.2, -0.15) is 0 Å². The zero-order valence-electron chi connectivity index (χ0n) is 11.4.